The van der Waals surface area contributed by atoms with Crippen LogP contribution in [0, 0.1) is 17.2 Å². The van der Waals surface area contributed by atoms with Gasteiger partial charge in [0.2, 0.25) is 0 Å². The van der Waals surface area contributed by atoms with Crippen LogP contribution in [-0.4, -0.2) is 18.8 Å². The highest BCUT2D eigenvalue weighted by Gasteiger charge is 2.25. The average Bonchev–Trinajstić information content (AvgIpc) is 2.84. The molecule has 0 heterocycles. The molecule has 0 saturated carbocycles. The van der Waals surface area contributed by atoms with Crippen LogP contribution in [0.15, 0.2) is 72.4 Å². The van der Waals surface area contributed by atoms with Crippen molar-refractivity contribution < 1.29 is 0 Å². The summed E-state index contributed by atoms with van der Waals surface area (Å²) in [5, 5.41) is 11.3. The highest BCUT2D eigenvalue weighted by molar-refractivity contribution is 5.68. The summed E-state index contributed by atoms with van der Waals surface area (Å²) in [6.45, 7) is 11.5. The number of hydrogen-bond donors (Lipinski definition) is 2. The van der Waals surface area contributed by atoms with Gasteiger partial charge in [-0.15, -0.1) is 0 Å². The quantitative estimate of drug-likeness (QED) is 0.398. The van der Waals surface area contributed by atoms with Crippen LogP contribution in [0.1, 0.15) is 45.6 Å². The SMILES string of the molecule is C=C/C(=C\CC)CNC(CC=N)C1=CC=C(c2ccccc2)C[C@@H](C)[C@@H]1C. The molecule has 0 spiro atoms. The van der Waals surface area contributed by atoms with E-state index in [1.165, 1.54) is 28.5 Å². The number of benzene rings is 1. The van der Waals surface area contributed by atoms with Crippen molar-refractivity contribution in [1.29, 1.82) is 5.41 Å². The van der Waals surface area contributed by atoms with Crippen LogP contribution < -0.4 is 5.32 Å². The normalized spacial score (nSPS) is 21.7. The van der Waals surface area contributed by atoms with Gasteiger partial charge in [0.1, 0.15) is 0 Å². The molecule has 2 nitrogen and oxygen atoms in total. The molecular formula is C25H34N2. The second-order valence-corrected chi connectivity index (χ2v) is 7.46. The van der Waals surface area contributed by atoms with E-state index >= 15 is 0 Å². The highest BCUT2D eigenvalue weighted by atomic mass is 14.9. The van der Waals surface area contributed by atoms with E-state index in [4.69, 9.17) is 5.41 Å². The summed E-state index contributed by atoms with van der Waals surface area (Å²) in [6.07, 6.45) is 13.1. The van der Waals surface area contributed by atoms with Crippen LogP contribution in [0.3, 0.4) is 0 Å². The van der Waals surface area contributed by atoms with E-state index in [-0.39, 0.29) is 6.04 Å². The number of hydrogen-bond acceptors (Lipinski definition) is 2. The van der Waals surface area contributed by atoms with Gasteiger partial charge in [-0.05, 0) is 53.2 Å². The van der Waals surface area contributed by atoms with Gasteiger partial charge in [0, 0.05) is 19.0 Å². The van der Waals surface area contributed by atoms with Gasteiger partial charge >= 0.3 is 0 Å². The zero-order valence-electron chi connectivity index (χ0n) is 17.0. The van der Waals surface area contributed by atoms with Crippen molar-refractivity contribution in [3.63, 3.8) is 0 Å². The van der Waals surface area contributed by atoms with Gasteiger partial charge in [-0.3, -0.25) is 0 Å². The molecular weight excluding hydrogens is 328 g/mol. The minimum Gasteiger partial charge on any atom is -0.313 e. The molecule has 0 aliphatic heterocycles. The molecule has 2 heteroatoms. The summed E-state index contributed by atoms with van der Waals surface area (Å²) in [6, 6.07) is 10.9. The average molecular weight is 363 g/mol. The smallest absolute Gasteiger partial charge is 0.0337 e. The molecule has 1 aromatic carbocycles. The van der Waals surface area contributed by atoms with Crippen LogP contribution in [0.2, 0.25) is 0 Å². The topological polar surface area (TPSA) is 35.9 Å². The summed E-state index contributed by atoms with van der Waals surface area (Å²) in [5.74, 6) is 1.03. The predicted octanol–water partition coefficient (Wildman–Crippen LogP) is 6.19. The number of allylic oxidation sites excluding steroid dienone is 4. The van der Waals surface area contributed by atoms with Crippen molar-refractivity contribution in [3.05, 3.63) is 77.9 Å². The van der Waals surface area contributed by atoms with Gasteiger partial charge in [-0.2, -0.15) is 0 Å². The van der Waals surface area contributed by atoms with Crippen LogP contribution >= 0.6 is 0 Å². The molecule has 2 rings (SSSR count). The number of rotatable bonds is 9. The first kappa shape index (κ1) is 21.1. The Morgan fingerprint density at radius 1 is 1.26 bits per heavy atom. The summed E-state index contributed by atoms with van der Waals surface area (Å²) < 4.78 is 0. The maximum absolute atomic E-state index is 7.67. The molecule has 0 radical (unpaired) electrons. The molecule has 1 aliphatic rings. The third-order valence-corrected chi connectivity index (χ3v) is 5.58. The van der Waals surface area contributed by atoms with Crippen LogP contribution in [-0.2, 0) is 0 Å². The Balaban J connectivity index is 2.27. The zero-order chi connectivity index (χ0) is 19.6. The molecule has 1 aliphatic carbocycles. The third-order valence-electron chi connectivity index (χ3n) is 5.58. The van der Waals surface area contributed by atoms with Gasteiger partial charge in [0.15, 0.2) is 0 Å². The van der Waals surface area contributed by atoms with E-state index in [0.29, 0.717) is 18.3 Å². The molecule has 0 bridgehead atoms. The lowest BCUT2D eigenvalue weighted by atomic mass is 9.82. The molecule has 0 amide bonds. The Bertz CT molecular complexity index is 709. The van der Waals surface area contributed by atoms with Crippen molar-refractivity contribution >= 4 is 11.8 Å². The fourth-order valence-corrected chi connectivity index (χ4v) is 3.75. The fraction of sp³-hybridized carbons (Fsp3) is 0.400. The van der Waals surface area contributed by atoms with Gasteiger partial charge < -0.3 is 10.7 Å². The van der Waals surface area contributed by atoms with Gasteiger partial charge in [-0.25, -0.2) is 0 Å². The summed E-state index contributed by atoms with van der Waals surface area (Å²) in [5.41, 5.74) is 5.33. The monoisotopic (exact) mass is 362 g/mol. The summed E-state index contributed by atoms with van der Waals surface area (Å²) >= 11 is 0. The van der Waals surface area contributed by atoms with Crippen molar-refractivity contribution in [2.75, 3.05) is 6.54 Å². The van der Waals surface area contributed by atoms with Crippen molar-refractivity contribution in [1.82, 2.24) is 5.32 Å². The Labute approximate surface area is 165 Å². The molecule has 0 fully saturated rings. The lowest BCUT2D eigenvalue weighted by Crippen LogP contribution is -2.35. The minimum atomic E-state index is 0.187. The Morgan fingerprint density at radius 2 is 2.00 bits per heavy atom. The van der Waals surface area contributed by atoms with Crippen LogP contribution in [0.5, 0.6) is 0 Å². The highest BCUT2D eigenvalue weighted by Crippen LogP contribution is 2.35. The van der Waals surface area contributed by atoms with Gasteiger partial charge in [-0.1, -0.05) is 82.0 Å². The van der Waals surface area contributed by atoms with Gasteiger partial charge in [0.05, 0.1) is 0 Å². The first-order chi connectivity index (χ1) is 13.1. The first-order valence-corrected chi connectivity index (χ1v) is 10.1. The molecule has 2 N–H and O–H groups in total. The molecule has 1 unspecified atom stereocenters. The van der Waals surface area contributed by atoms with E-state index in [9.17, 15) is 0 Å². The molecule has 1 aromatic rings. The first-order valence-electron chi connectivity index (χ1n) is 10.1. The third kappa shape index (κ3) is 5.90. The van der Waals surface area contributed by atoms with Crippen molar-refractivity contribution in [2.45, 2.75) is 46.1 Å². The molecule has 0 saturated heterocycles. The second-order valence-electron chi connectivity index (χ2n) is 7.46. The predicted molar refractivity (Wildman–Crippen MR) is 119 cm³/mol. The van der Waals surface area contributed by atoms with E-state index in [0.717, 1.165) is 19.4 Å². The second kappa shape index (κ2) is 10.8. The Hall–Kier alpha value is -2.19. The largest absolute Gasteiger partial charge is 0.313 e. The molecule has 0 aromatic heterocycles. The summed E-state index contributed by atoms with van der Waals surface area (Å²) in [7, 11) is 0. The number of nitrogens with one attached hydrogen (secondary N) is 2. The lowest BCUT2D eigenvalue weighted by molar-refractivity contribution is 0.416. The molecule has 144 valence electrons. The molecule has 3 atom stereocenters. The minimum absolute atomic E-state index is 0.187. The van der Waals surface area contributed by atoms with Crippen molar-refractivity contribution in [3.8, 4) is 0 Å². The van der Waals surface area contributed by atoms with Gasteiger partial charge in [0.25, 0.3) is 0 Å². The zero-order valence-corrected chi connectivity index (χ0v) is 17.0. The standard InChI is InChI=1S/C25H34N2/c1-5-10-21(6-2)18-27-25(15-16-26)24-14-13-23(17-19(3)20(24)4)22-11-8-7-9-12-22/h6-14,16,19-20,25-27H,2,5,15,17-18H2,1,3-4H3/b21-10+,26-16?/t19-,20+,25?/m1/s1. The van der Waals surface area contributed by atoms with E-state index in [1.807, 2.05) is 6.08 Å². The van der Waals surface area contributed by atoms with E-state index in [1.54, 1.807) is 0 Å². The maximum Gasteiger partial charge on any atom is 0.0337 e. The summed E-state index contributed by atoms with van der Waals surface area (Å²) in [4.78, 5) is 0. The Kier molecular flexibility index (Phi) is 8.47. The maximum atomic E-state index is 7.67. The van der Waals surface area contributed by atoms with E-state index in [2.05, 4.69) is 81.2 Å². The van der Waals surface area contributed by atoms with Crippen LogP contribution in [0.25, 0.3) is 5.57 Å². The van der Waals surface area contributed by atoms with E-state index < -0.39 is 0 Å². The fourth-order valence-electron chi connectivity index (χ4n) is 3.75. The molecule has 27 heavy (non-hydrogen) atoms. The van der Waals surface area contributed by atoms with Crippen molar-refractivity contribution in [2.24, 2.45) is 11.8 Å². The van der Waals surface area contributed by atoms with Crippen LogP contribution in [0.4, 0.5) is 0 Å². The Morgan fingerprint density at radius 3 is 2.63 bits per heavy atom. The lowest BCUT2D eigenvalue weighted by Gasteiger charge is -2.28.